The van der Waals surface area contributed by atoms with E-state index in [2.05, 4.69) is 88.7 Å². The van der Waals surface area contributed by atoms with Gasteiger partial charge in [-0.25, -0.2) is 0 Å². The Hall–Kier alpha value is -2.32. The molecule has 0 spiro atoms. The van der Waals surface area contributed by atoms with Crippen molar-refractivity contribution in [3.8, 4) is 11.5 Å². The van der Waals surface area contributed by atoms with Gasteiger partial charge in [0.15, 0.2) is 0 Å². The fraction of sp³-hybridized carbons (Fsp3) is 0.111. The third kappa shape index (κ3) is 3.83. The molecule has 0 saturated carbocycles. The van der Waals surface area contributed by atoms with E-state index in [1.807, 2.05) is 30.3 Å². The predicted octanol–water partition coefficient (Wildman–Crippen LogP) is 6.65. The normalized spacial score (nSPS) is 12.6. The third-order valence-corrected chi connectivity index (χ3v) is 13.5. The first-order chi connectivity index (χ1) is 15.5. The van der Waals surface area contributed by atoms with Crippen molar-refractivity contribution in [1.29, 1.82) is 0 Å². The van der Waals surface area contributed by atoms with Crippen molar-refractivity contribution in [3.63, 3.8) is 0 Å². The molecule has 0 aliphatic heterocycles. The molecule has 0 radical (unpaired) electrons. The van der Waals surface area contributed by atoms with Crippen LogP contribution < -0.4 is 25.4 Å². The molecule has 32 heavy (non-hydrogen) atoms. The number of ether oxygens (including phenoxy) is 2. The number of hydrogen-bond donors (Lipinski definition) is 0. The van der Waals surface area contributed by atoms with Crippen LogP contribution in [0.15, 0.2) is 108 Å². The van der Waals surface area contributed by atoms with Crippen LogP contribution in [0.25, 0.3) is 0 Å². The van der Waals surface area contributed by atoms with Gasteiger partial charge in [-0.15, -0.1) is 0 Å². The van der Waals surface area contributed by atoms with E-state index in [1.54, 1.807) is 14.2 Å². The monoisotopic (exact) mass is 526 g/mol. The Bertz CT molecular complexity index is 1080. The van der Waals surface area contributed by atoms with E-state index in [0.29, 0.717) is 6.16 Å². The molecule has 0 N–H and O–H groups in total. The second-order valence-electron chi connectivity index (χ2n) is 7.64. The molecule has 5 heteroatoms. The molecule has 4 rings (SSSR count). The topological polar surface area (TPSA) is 18.5 Å². The van der Waals surface area contributed by atoms with Gasteiger partial charge in [-0.2, -0.15) is 0 Å². The summed E-state index contributed by atoms with van der Waals surface area (Å²) in [4.78, 5) is 0. The molecule has 0 unspecified atom stereocenters. The SMILES string of the molecule is COc1cc(Br)cc(OC)c1CP(Cl)(c1ccccc1)(c1ccccc1)c1ccccc1. The average Bonchev–Trinajstić information content (AvgIpc) is 2.86. The number of halogens is 2. The first kappa shape index (κ1) is 22.9. The zero-order valence-corrected chi connectivity index (χ0v) is 21.3. The fourth-order valence-electron chi connectivity index (χ4n) is 4.34. The van der Waals surface area contributed by atoms with Gasteiger partial charge in [0.25, 0.3) is 0 Å². The second-order valence-corrected chi connectivity index (χ2v) is 15.0. The molecular formula is C27H25BrClO2P. The van der Waals surface area contributed by atoms with E-state index >= 15 is 0 Å². The second kappa shape index (κ2) is 9.27. The van der Waals surface area contributed by atoms with Crippen molar-refractivity contribution in [1.82, 2.24) is 0 Å². The van der Waals surface area contributed by atoms with Crippen LogP contribution in [0, 0.1) is 0 Å². The summed E-state index contributed by atoms with van der Waals surface area (Å²) >= 11 is 11.8. The molecule has 164 valence electrons. The Balaban J connectivity index is 2.13. The summed E-state index contributed by atoms with van der Waals surface area (Å²) in [6.07, 6.45) is 0.546. The molecule has 0 bridgehead atoms. The van der Waals surface area contributed by atoms with Gasteiger partial charge in [0, 0.05) is 0 Å². The summed E-state index contributed by atoms with van der Waals surface area (Å²) in [5, 5.41) is 3.30. The molecule has 0 aliphatic carbocycles. The molecule has 2 nitrogen and oxygen atoms in total. The zero-order valence-electron chi connectivity index (χ0n) is 18.0. The van der Waals surface area contributed by atoms with E-state index in [1.165, 1.54) is 0 Å². The van der Waals surface area contributed by atoms with Gasteiger partial charge < -0.3 is 0 Å². The zero-order chi connectivity index (χ0) is 22.6. The molecule has 0 amide bonds. The van der Waals surface area contributed by atoms with E-state index in [0.717, 1.165) is 37.4 Å². The van der Waals surface area contributed by atoms with Gasteiger partial charge in [0.1, 0.15) is 0 Å². The summed E-state index contributed by atoms with van der Waals surface area (Å²) < 4.78 is 12.5. The maximum atomic E-state index is 8.21. The van der Waals surface area contributed by atoms with Crippen LogP contribution >= 0.6 is 33.1 Å². The Morgan fingerprint density at radius 1 is 0.656 bits per heavy atom. The Labute approximate surface area is 203 Å². The number of rotatable bonds is 7. The first-order valence-corrected chi connectivity index (χ1v) is 14.4. The van der Waals surface area contributed by atoms with Crippen LogP contribution in [0.1, 0.15) is 5.56 Å². The Kier molecular flexibility index (Phi) is 6.62. The summed E-state index contributed by atoms with van der Waals surface area (Å²) in [7, 11) is 3.36. The molecule has 0 atom stereocenters. The van der Waals surface area contributed by atoms with Crippen LogP contribution in [0.2, 0.25) is 0 Å². The molecule has 0 aromatic heterocycles. The molecule has 0 fully saturated rings. The Morgan fingerprint density at radius 2 is 1.00 bits per heavy atom. The molecule has 0 aliphatic rings. The summed E-state index contributed by atoms with van der Waals surface area (Å²) in [5.74, 6) is -2.01. The van der Waals surface area contributed by atoms with E-state index in [-0.39, 0.29) is 0 Å². The standard InChI is InChI=1S/C27H25BrClO2P/c1-30-26-18-21(28)19-27(31-2)25(26)20-32(29,22-12-6-3-7-13-22,23-14-8-4-9-15-23)24-16-10-5-11-17-24/h3-19H,20H2,1-2H3. The van der Waals surface area contributed by atoms with Crippen molar-refractivity contribution in [2.24, 2.45) is 0 Å². The minimum absolute atomic E-state index is 0.546. The number of methoxy groups -OCH3 is 2. The predicted molar refractivity (Wildman–Crippen MR) is 142 cm³/mol. The van der Waals surface area contributed by atoms with E-state index in [9.17, 15) is 0 Å². The minimum atomic E-state index is -3.50. The molecule has 0 saturated heterocycles. The van der Waals surface area contributed by atoms with Gasteiger partial charge >= 0.3 is 204 Å². The summed E-state index contributed by atoms with van der Waals surface area (Å²) in [6.45, 7) is 0. The van der Waals surface area contributed by atoms with Gasteiger partial charge in [-0.3, -0.25) is 0 Å². The van der Waals surface area contributed by atoms with E-state index in [4.69, 9.17) is 20.7 Å². The van der Waals surface area contributed by atoms with Gasteiger partial charge in [0.05, 0.1) is 0 Å². The fourth-order valence-corrected chi connectivity index (χ4v) is 10.9. The average molecular weight is 528 g/mol. The first-order valence-electron chi connectivity index (χ1n) is 10.3. The van der Waals surface area contributed by atoms with Gasteiger partial charge in [0.2, 0.25) is 0 Å². The van der Waals surface area contributed by atoms with Crippen molar-refractivity contribution < 1.29 is 9.47 Å². The summed E-state index contributed by atoms with van der Waals surface area (Å²) in [6, 6.07) is 35.2. The van der Waals surface area contributed by atoms with Crippen molar-refractivity contribution in [3.05, 3.63) is 113 Å². The van der Waals surface area contributed by atoms with Crippen LogP contribution in [0.5, 0.6) is 11.5 Å². The molecular weight excluding hydrogens is 503 g/mol. The van der Waals surface area contributed by atoms with Crippen LogP contribution in [-0.4, -0.2) is 14.2 Å². The van der Waals surface area contributed by atoms with Gasteiger partial charge in [-0.05, 0) is 0 Å². The van der Waals surface area contributed by atoms with Crippen LogP contribution in [0.4, 0.5) is 0 Å². The van der Waals surface area contributed by atoms with Crippen molar-refractivity contribution in [2.75, 3.05) is 14.2 Å². The van der Waals surface area contributed by atoms with Crippen LogP contribution in [-0.2, 0) is 6.16 Å². The Morgan fingerprint density at radius 3 is 1.31 bits per heavy atom. The molecule has 4 aromatic carbocycles. The van der Waals surface area contributed by atoms with Crippen LogP contribution in [0.3, 0.4) is 0 Å². The number of hydrogen-bond acceptors (Lipinski definition) is 2. The van der Waals surface area contributed by atoms with Gasteiger partial charge in [-0.1, -0.05) is 0 Å². The molecule has 0 heterocycles. The third-order valence-electron chi connectivity index (χ3n) is 5.91. The van der Waals surface area contributed by atoms with E-state index < -0.39 is 5.96 Å². The number of benzene rings is 4. The maximum absolute atomic E-state index is 8.21. The summed E-state index contributed by atoms with van der Waals surface area (Å²) in [5.41, 5.74) is 0.947. The van der Waals surface area contributed by atoms with Crippen molar-refractivity contribution in [2.45, 2.75) is 6.16 Å². The quantitative estimate of drug-likeness (QED) is 0.251. The molecule has 4 aromatic rings. The van der Waals surface area contributed by atoms with Crippen molar-refractivity contribution >= 4 is 49.0 Å².